The lowest BCUT2D eigenvalue weighted by Crippen LogP contribution is -2.12. The van der Waals surface area contributed by atoms with Crippen LogP contribution in [0.2, 0.25) is 0 Å². The van der Waals surface area contributed by atoms with E-state index in [1.165, 1.54) is 6.21 Å². The molecular weight excluding hydrogens is 140 g/mol. The van der Waals surface area contributed by atoms with E-state index in [-0.39, 0.29) is 0 Å². The highest BCUT2D eigenvalue weighted by Gasteiger charge is 2.01. The fraction of sp³-hybridized carbons (Fsp3) is 0.250. The van der Waals surface area contributed by atoms with Crippen molar-refractivity contribution < 1.29 is 4.79 Å². The molecule has 0 aromatic rings. The molecule has 1 aliphatic rings. The van der Waals surface area contributed by atoms with Crippen LogP contribution in [-0.4, -0.2) is 12.6 Å². The van der Waals surface area contributed by atoms with Gasteiger partial charge in [0.2, 0.25) is 6.41 Å². The van der Waals surface area contributed by atoms with Gasteiger partial charge in [-0.15, -0.1) is 0 Å². The van der Waals surface area contributed by atoms with E-state index in [4.69, 9.17) is 5.41 Å². The fourth-order valence-electron chi connectivity index (χ4n) is 1.02. The molecule has 0 saturated heterocycles. The molecular formula is C8H10N2O. The minimum Gasteiger partial charge on any atom is -0.332 e. The second kappa shape index (κ2) is 3.71. The summed E-state index contributed by atoms with van der Waals surface area (Å²) in [6.07, 6.45) is 7.49. The Hall–Kier alpha value is -1.38. The second-order valence-electron chi connectivity index (χ2n) is 2.32. The van der Waals surface area contributed by atoms with Gasteiger partial charge in [0.15, 0.2) is 0 Å². The molecule has 0 radical (unpaired) electrons. The summed E-state index contributed by atoms with van der Waals surface area (Å²) in [6, 6.07) is 0. The van der Waals surface area contributed by atoms with E-state index in [0.29, 0.717) is 6.41 Å². The molecule has 1 amide bonds. The van der Waals surface area contributed by atoms with Gasteiger partial charge in [-0.3, -0.25) is 4.79 Å². The lowest BCUT2D eigenvalue weighted by Gasteiger charge is -2.09. The normalized spacial score (nSPS) is 16.4. The zero-order valence-electron chi connectivity index (χ0n) is 6.13. The molecule has 3 nitrogen and oxygen atoms in total. The summed E-state index contributed by atoms with van der Waals surface area (Å²) in [5.41, 5.74) is 1.75. The third kappa shape index (κ3) is 2.04. The predicted molar refractivity (Wildman–Crippen MR) is 43.4 cm³/mol. The molecule has 1 aliphatic carbocycles. The van der Waals surface area contributed by atoms with Gasteiger partial charge in [-0.05, 0) is 24.5 Å². The average molecular weight is 150 g/mol. The van der Waals surface area contributed by atoms with Crippen molar-refractivity contribution in [3.8, 4) is 0 Å². The Balaban J connectivity index is 2.66. The maximum Gasteiger partial charge on any atom is 0.211 e. The Morgan fingerprint density at radius 2 is 2.45 bits per heavy atom. The molecule has 0 aromatic carbocycles. The van der Waals surface area contributed by atoms with Gasteiger partial charge in [0.05, 0.1) is 0 Å². The minimum atomic E-state index is 0.665. The summed E-state index contributed by atoms with van der Waals surface area (Å²) in [4.78, 5) is 10.0. The zero-order valence-corrected chi connectivity index (χ0v) is 6.13. The van der Waals surface area contributed by atoms with Crippen molar-refractivity contribution in [3.63, 3.8) is 0 Å². The van der Waals surface area contributed by atoms with Gasteiger partial charge in [0, 0.05) is 11.9 Å². The summed E-state index contributed by atoms with van der Waals surface area (Å²) in [5.74, 6) is 0. The van der Waals surface area contributed by atoms with Crippen molar-refractivity contribution in [1.82, 2.24) is 5.32 Å². The summed E-state index contributed by atoms with van der Waals surface area (Å²) in [6.45, 7) is 0. The molecule has 0 aromatic heterocycles. The van der Waals surface area contributed by atoms with E-state index in [1.807, 2.05) is 12.2 Å². The van der Waals surface area contributed by atoms with Crippen molar-refractivity contribution in [2.24, 2.45) is 0 Å². The topological polar surface area (TPSA) is 53.0 Å². The quantitative estimate of drug-likeness (QED) is 0.457. The van der Waals surface area contributed by atoms with Crippen LogP contribution in [0.25, 0.3) is 0 Å². The van der Waals surface area contributed by atoms with Crippen LogP contribution in [0.5, 0.6) is 0 Å². The largest absolute Gasteiger partial charge is 0.332 e. The molecule has 2 N–H and O–H groups in total. The van der Waals surface area contributed by atoms with Crippen molar-refractivity contribution in [3.05, 3.63) is 23.4 Å². The number of hydrogen-bond donors (Lipinski definition) is 2. The molecule has 3 heteroatoms. The molecule has 0 atom stereocenters. The Kier molecular flexibility index (Phi) is 2.60. The van der Waals surface area contributed by atoms with Crippen molar-refractivity contribution in [2.45, 2.75) is 12.8 Å². The smallest absolute Gasteiger partial charge is 0.211 e. The van der Waals surface area contributed by atoms with Crippen LogP contribution in [0.15, 0.2) is 23.4 Å². The SMILES string of the molecule is N=CC1=CCCC(NC=O)=C1. The third-order valence-corrected chi connectivity index (χ3v) is 1.55. The maximum absolute atomic E-state index is 10.0. The molecule has 0 fully saturated rings. The van der Waals surface area contributed by atoms with Gasteiger partial charge in [0.1, 0.15) is 0 Å². The minimum absolute atomic E-state index is 0.665. The van der Waals surface area contributed by atoms with Crippen molar-refractivity contribution in [2.75, 3.05) is 0 Å². The monoisotopic (exact) mass is 150 g/mol. The first-order valence-electron chi connectivity index (χ1n) is 3.48. The summed E-state index contributed by atoms with van der Waals surface area (Å²) in [5, 5.41) is 9.55. The highest BCUT2D eigenvalue weighted by atomic mass is 16.1. The van der Waals surface area contributed by atoms with Gasteiger partial charge < -0.3 is 10.7 Å². The van der Waals surface area contributed by atoms with E-state index in [9.17, 15) is 4.79 Å². The highest BCUT2D eigenvalue weighted by Crippen LogP contribution is 2.12. The van der Waals surface area contributed by atoms with E-state index in [0.717, 1.165) is 24.1 Å². The number of hydrogen-bond acceptors (Lipinski definition) is 2. The second-order valence-corrected chi connectivity index (χ2v) is 2.32. The molecule has 0 heterocycles. The Bertz CT molecular complexity index is 228. The Labute approximate surface area is 65.3 Å². The van der Waals surface area contributed by atoms with Crippen LogP contribution in [0.3, 0.4) is 0 Å². The molecule has 58 valence electrons. The highest BCUT2D eigenvalue weighted by molar-refractivity contribution is 5.80. The van der Waals surface area contributed by atoms with Crippen molar-refractivity contribution >= 4 is 12.6 Å². The van der Waals surface area contributed by atoms with E-state index in [1.54, 1.807) is 0 Å². The zero-order chi connectivity index (χ0) is 8.10. The molecule has 0 unspecified atom stereocenters. The first kappa shape index (κ1) is 7.72. The van der Waals surface area contributed by atoms with Gasteiger partial charge in [-0.1, -0.05) is 6.08 Å². The summed E-state index contributed by atoms with van der Waals surface area (Å²) < 4.78 is 0. The van der Waals surface area contributed by atoms with Crippen LogP contribution in [0, 0.1) is 5.41 Å². The average Bonchev–Trinajstić information content (AvgIpc) is 2.06. The summed E-state index contributed by atoms with van der Waals surface area (Å²) in [7, 11) is 0. The lowest BCUT2D eigenvalue weighted by atomic mass is 10.1. The van der Waals surface area contributed by atoms with E-state index >= 15 is 0 Å². The standard InChI is InChI=1S/C8H10N2O/c9-5-7-2-1-3-8(4-7)10-6-11/h2,4-6,9H,1,3H2,(H,10,11). The predicted octanol–water partition coefficient (Wildman–Crippen LogP) is 0.986. The molecule has 0 bridgehead atoms. The van der Waals surface area contributed by atoms with E-state index < -0.39 is 0 Å². The molecule has 0 saturated carbocycles. The van der Waals surface area contributed by atoms with Crippen LogP contribution in [0.4, 0.5) is 0 Å². The van der Waals surface area contributed by atoms with Crippen LogP contribution in [-0.2, 0) is 4.79 Å². The van der Waals surface area contributed by atoms with Crippen LogP contribution >= 0.6 is 0 Å². The number of amides is 1. The third-order valence-electron chi connectivity index (χ3n) is 1.55. The summed E-state index contributed by atoms with van der Waals surface area (Å²) >= 11 is 0. The lowest BCUT2D eigenvalue weighted by molar-refractivity contribution is -0.109. The van der Waals surface area contributed by atoms with Gasteiger partial charge in [0.25, 0.3) is 0 Å². The number of nitrogens with one attached hydrogen (secondary N) is 2. The molecule has 0 spiro atoms. The molecule has 0 aliphatic heterocycles. The Morgan fingerprint density at radius 3 is 3.09 bits per heavy atom. The van der Waals surface area contributed by atoms with Crippen molar-refractivity contribution in [1.29, 1.82) is 5.41 Å². The molecule has 11 heavy (non-hydrogen) atoms. The number of carbonyl (C=O) groups is 1. The number of carbonyl (C=O) groups excluding carboxylic acids is 1. The maximum atomic E-state index is 10.0. The van der Waals surface area contributed by atoms with Gasteiger partial charge in [-0.25, -0.2) is 0 Å². The van der Waals surface area contributed by atoms with Gasteiger partial charge in [-0.2, -0.15) is 0 Å². The Morgan fingerprint density at radius 1 is 1.64 bits per heavy atom. The first-order chi connectivity index (χ1) is 5.36. The van der Waals surface area contributed by atoms with Crippen LogP contribution in [0.1, 0.15) is 12.8 Å². The van der Waals surface area contributed by atoms with Crippen LogP contribution < -0.4 is 5.32 Å². The number of allylic oxidation sites excluding steroid dienone is 4. The van der Waals surface area contributed by atoms with Gasteiger partial charge >= 0.3 is 0 Å². The number of rotatable bonds is 3. The first-order valence-corrected chi connectivity index (χ1v) is 3.48. The molecule has 1 rings (SSSR count). The fourth-order valence-corrected chi connectivity index (χ4v) is 1.02. The van der Waals surface area contributed by atoms with E-state index in [2.05, 4.69) is 5.32 Å².